The number of carbonyl (C=O) groups excluding carboxylic acids is 2. The first-order valence-corrected chi connectivity index (χ1v) is 16.9. The Morgan fingerprint density at radius 1 is 0.762 bits per heavy atom. The van der Waals surface area contributed by atoms with Crippen molar-refractivity contribution in [3.05, 3.63) is 24.3 Å². The molecule has 0 spiro atoms. The van der Waals surface area contributed by atoms with Gasteiger partial charge in [0.05, 0.1) is 5.60 Å². The van der Waals surface area contributed by atoms with Crippen LogP contribution in [-0.4, -0.2) is 33.8 Å². The molecule has 2 atom stereocenters. The van der Waals surface area contributed by atoms with Gasteiger partial charge in [0.25, 0.3) is 0 Å². The average Bonchev–Trinajstić information content (AvgIpc) is 2.84. The van der Waals surface area contributed by atoms with Gasteiger partial charge in [-0.2, -0.15) is 0 Å². The third kappa shape index (κ3) is 4.10. The Hall–Kier alpha value is -1.62. The molecule has 8 bridgehead atoms. The first-order chi connectivity index (χ1) is 19.4. The van der Waals surface area contributed by atoms with Crippen LogP contribution in [0.4, 0.5) is 0 Å². The number of hydrogen-bond donors (Lipinski definition) is 1. The van der Waals surface area contributed by atoms with Crippen LogP contribution in [0.1, 0.15) is 113 Å². The molecule has 8 rings (SSSR count). The van der Waals surface area contributed by atoms with Crippen LogP contribution in [-0.2, 0) is 19.1 Å². The van der Waals surface area contributed by atoms with Crippen molar-refractivity contribution < 1.29 is 24.2 Å². The van der Waals surface area contributed by atoms with Crippen LogP contribution in [0.2, 0.25) is 0 Å². The molecule has 42 heavy (non-hydrogen) atoms. The zero-order valence-electron chi connectivity index (χ0n) is 27.6. The van der Waals surface area contributed by atoms with E-state index in [1.165, 1.54) is 25.7 Å². The second-order valence-electron chi connectivity index (χ2n) is 17.5. The predicted octanol–water partition coefficient (Wildman–Crippen LogP) is 7.66. The smallest absolute Gasteiger partial charge is 0.333 e. The molecule has 0 amide bonds. The topological polar surface area (TPSA) is 72.8 Å². The number of aliphatic hydroxyl groups is 1. The third-order valence-electron chi connectivity index (χ3n) is 14.3. The number of fused-ring (bicyclic) bond motifs is 1. The first-order valence-electron chi connectivity index (χ1n) is 16.9. The Kier molecular flexibility index (Phi) is 6.84. The number of ether oxygens (including phenoxy) is 2. The molecule has 1 N–H and O–H groups in total. The Morgan fingerprint density at radius 2 is 1.19 bits per heavy atom. The molecule has 8 saturated carbocycles. The van der Waals surface area contributed by atoms with Crippen molar-refractivity contribution in [2.24, 2.45) is 64.1 Å². The molecule has 0 aromatic carbocycles. The molecule has 8 fully saturated rings. The van der Waals surface area contributed by atoms with Gasteiger partial charge in [0.2, 0.25) is 0 Å². The van der Waals surface area contributed by atoms with Gasteiger partial charge in [-0.15, -0.1) is 0 Å². The standard InChI is InChI=1S/C37H56O5/c1-20(2)31(38)41-34(9,10)36-17-25-15-35(19-36,33(7,8)40)16-26(18-36)30(25)29-23-11-27-13-24(29)14-28(12-23)37(27,22(5)6)42-32(39)21(3)4/h22-30,40H,1,3,11-19H2,2,4-10H3. The van der Waals surface area contributed by atoms with Crippen molar-refractivity contribution in [1.29, 1.82) is 0 Å². The van der Waals surface area contributed by atoms with Gasteiger partial charge in [0, 0.05) is 16.6 Å². The number of esters is 2. The van der Waals surface area contributed by atoms with Crippen molar-refractivity contribution in [2.45, 2.75) is 130 Å². The van der Waals surface area contributed by atoms with Gasteiger partial charge in [0.1, 0.15) is 11.2 Å². The SMILES string of the molecule is C=C(C)C(=O)OC1(C(C)C)C2CC3CC1CC(C2)C3C1C2CC3(C(C)(C)O)CC1CC(C(C)(C)OC(=O)C(=C)C)(C2)C3. The van der Waals surface area contributed by atoms with Crippen LogP contribution in [0.5, 0.6) is 0 Å². The molecule has 0 heterocycles. The van der Waals surface area contributed by atoms with Gasteiger partial charge < -0.3 is 14.6 Å². The predicted molar refractivity (Wildman–Crippen MR) is 164 cm³/mol. The second kappa shape index (κ2) is 9.44. The summed E-state index contributed by atoms with van der Waals surface area (Å²) in [6, 6.07) is 0. The molecule has 0 aromatic heterocycles. The average molecular weight is 581 g/mol. The van der Waals surface area contributed by atoms with Gasteiger partial charge in [-0.1, -0.05) is 27.0 Å². The van der Waals surface area contributed by atoms with Gasteiger partial charge in [-0.3, -0.25) is 0 Å². The third-order valence-corrected chi connectivity index (χ3v) is 14.3. The summed E-state index contributed by atoms with van der Waals surface area (Å²) in [6.07, 6.45) is 9.91. The minimum Gasteiger partial charge on any atom is -0.456 e. The van der Waals surface area contributed by atoms with Gasteiger partial charge in [0.15, 0.2) is 0 Å². The van der Waals surface area contributed by atoms with Crippen LogP contribution in [0.3, 0.4) is 0 Å². The summed E-state index contributed by atoms with van der Waals surface area (Å²) in [6.45, 7) is 24.0. The zero-order chi connectivity index (χ0) is 30.8. The van der Waals surface area contributed by atoms with Crippen LogP contribution >= 0.6 is 0 Å². The molecule has 8 aliphatic rings. The van der Waals surface area contributed by atoms with Gasteiger partial charge in [-0.25, -0.2) is 9.59 Å². The zero-order valence-corrected chi connectivity index (χ0v) is 27.6. The highest BCUT2D eigenvalue weighted by Crippen LogP contribution is 2.76. The largest absolute Gasteiger partial charge is 0.456 e. The van der Waals surface area contributed by atoms with Crippen LogP contribution < -0.4 is 0 Å². The normalized spacial score (nSPS) is 45.3. The number of hydrogen-bond acceptors (Lipinski definition) is 5. The lowest BCUT2D eigenvalue weighted by Crippen LogP contribution is -2.70. The van der Waals surface area contributed by atoms with E-state index in [0.29, 0.717) is 64.4 Å². The maximum absolute atomic E-state index is 12.9. The first kappa shape index (κ1) is 30.4. The molecule has 0 aromatic rings. The van der Waals surface area contributed by atoms with E-state index in [1.54, 1.807) is 13.8 Å². The lowest BCUT2D eigenvalue weighted by atomic mass is 9.33. The quantitative estimate of drug-likeness (QED) is 0.236. The Bertz CT molecular complexity index is 1140. The van der Waals surface area contributed by atoms with Crippen LogP contribution in [0.25, 0.3) is 0 Å². The molecular formula is C37H56O5. The number of rotatable bonds is 8. The van der Waals surface area contributed by atoms with Crippen molar-refractivity contribution >= 4 is 11.9 Å². The summed E-state index contributed by atoms with van der Waals surface area (Å²) >= 11 is 0. The lowest BCUT2D eigenvalue weighted by Gasteiger charge is -2.73. The fourth-order valence-electron chi connectivity index (χ4n) is 12.7. The van der Waals surface area contributed by atoms with E-state index in [-0.39, 0.29) is 28.4 Å². The molecule has 2 unspecified atom stereocenters. The summed E-state index contributed by atoms with van der Waals surface area (Å²) in [4.78, 5) is 25.7. The highest BCUT2D eigenvalue weighted by atomic mass is 16.6. The highest BCUT2D eigenvalue weighted by Gasteiger charge is 2.72. The molecule has 234 valence electrons. The van der Waals surface area contributed by atoms with Crippen molar-refractivity contribution in [3.8, 4) is 0 Å². The minimum absolute atomic E-state index is 0.129. The van der Waals surface area contributed by atoms with E-state index in [4.69, 9.17) is 9.47 Å². The summed E-state index contributed by atoms with van der Waals surface area (Å²) in [5.41, 5.74) is -1.07. The van der Waals surface area contributed by atoms with Crippen LogP contribution in [0.15, 0.2) is 24.3 Å². The maximum atomic E-state index is 12.9. The second-order valence-corrected chi connectivity index (χ2v) is 17.5. The Morgan fingerprint density at radius 3 is 1.60 bits per heavy atom. The summed E-state index contributed by atoms with van der Waals surface area (Å²) in [5.74, 6) is 4.50. The molecule has 8 aliphatic carbocycles. The lowest BCUT2D eigenvalue weighted by molar-refractivity contribution is -0.283. The number of carbonyl (C=O) groups is 2. The van der Waals surface area contributed by atoms with Crippen LogP contribution in [0, 0.1) is 64.1 Å². The maximum Gasteiger partial charge on any atom is 0.333 e. The highest BCUT2D eigenvalue weighted by molar-refractivity contribution is 5.87. The molecular weight excluding hydrogens is 524 g/mol. The fraction of sp³-hybridized carbons (Fsp3) is 0.838. The summed E-state index contributed by atoms with van der Waals surface area (Å²) in [5, 5.41) is 11.7. The molecule has 0 saturated heterocycles. The van der Waals surface area contributed by atoms with Crippen molar-refractivity contribution in [3.63, 3.8) is 0 Å². The molecule has 5 heteroatoms. The van der Waals surface area contributed by atoms with Crippen molar-refractivity contribution in [2.75, 3.05) is 0 Å². The molecule has 5 nitrogen and oxygen atoms in total. The van der Waals surface area contributed by atoms with E-state index < -0.39 is 11.2 Å². The van der Waals surface area contributed by atoms with E-state index in [9.17, 15) is 14.7 Å². The van der Waals surface area contributed by atoms with E-state index >= 15 is 0 Å². The fourth-order valence-corrected chi connectivity index (χ4v) is 12.7. The molecule has 0 radical (unpaired) electrons. The summed E-state index contributed by atoms with van der Waals surface area (Å²) < 4.78 is 12.7. The monoisotopic (exact) mass is 580 g/mol. The minimum atomic E-state index is -0.775. The van der Waals surface area contributed by atoms with Gasteiger partial charge >= 0.3 is 11.9 Å². The Balaban J connectivity index is 1.30. The van der Waals surface area contributed by atoms with E-state index in [1.807, 2.05) is 13.8 Å². The van der Waals surface area contributed by atoms with Gasteiger partial charge in [-0.05, 0) is 158 Å². The summed E-state index contributed by atoms with van der Waals surface area (Å²) in [7, 11) is 0. The van der Waals surface area contributed by atoms with E-state index in [2.05, 4.69) is 40.9 Å². The van der Waals surface area contributed by atoms with E-state index in [0.717, 1.165) is 32.1 Å². The Labute approximate surface area is 254 Å². The van der Waals surface area contributed by atoms with Crippen molar-refractivity contribution in [1.82, 2.24) is 0 Å². The molecule has 0 aliphatic heterocycles.